The Balaban J connectivity index is 2.80. The molecule has 0 aromatic carbocycles. The minimum absolute atomic E-state index is 0.516. The van der Waals surface area contributed by atoms with E-state index in [-0.39, 0.29) is 0 Å². The Morgan fingerprint density at radius 2 is 2.12 bits per heavy atom. The van der Waals surface area contributed by atoms with E-state index < -0.39 is 0 Å². The van der Waals surface area contributed by atoms with Crippen molar-refractivity contribution in [1.82, 2.24) is 5.32 Å². The van der Waals surface area contributed by atoms with E-state index in [0.29, 0.717) is 6.04 Å². The van der Waals surface area contributed by atoms with Gasteiger partial charge in [0.2, 0.25) is 0 Å². The number of rotatable bonds is 6. The molecule has 0 aliphatic rings. The number of hydrogen-bond acceptors (Lipinski definition) is 2. The lowest BCUT2D eigenvalue weighted by Gasteiger charge is -2.21. The molecule has 0 aliphatic carbocycles. The van der Waals surface area contributed by atoms with Crippen LogP contribution in [-0.2, 0) is 0 Å². The molecule has 2 unspecified atom stereocenters. The predicted octanol–water partition coefficient (Wildman–Crippen LogP) is 4.91. The average Bonchev–Trinajstić information content (AvgIpc) is 2.57. The summed E-state index contributed by atoms with van der Waals surface area (Å²) >= 11 is 5.41. The van der Waals surface area contributed by atoms with E-state index in [2.05, 4.69) is 55.0 Å². The van der Waals surface area contributed by atoms with Crippen molar-refractivity contribution < 1.29 is 0 Å². The van der Waals surface area contributed by atoms with Crippen molar-refractivity contribution >= 4 is 27.3 Å². The quantitative estimate of drug-likeness (QED) is 0.787. The van der Waals surface area contributed by atoms with Gasteiger partial charge >= 0.3 is 0 Å². The van der Waals surface area contributed by atoms with Crippen LogP contribution in [-0.4, -0.2) is 6.54 Å². The maximum atomic E-state index is 3.60. The second-order valence-corrected chi connectivity index (χ2v) is 7.06. The monoisotopic (exact) mass is 303 g/mol. The zero-order chi connectivity index (χ0) is 12.1. The van der Waals surface area contributed by atoms with Crippen molar-refractivity contribution in [3.63, 3.8) is 0 Å². The summed E-state index contributed by atoms with van der Waals surface area (Å²) in [5.41, 5.74) is 1.47. The molecule has 0 saturated heterocycles. The number of aryl methyl sites for hydroxylation is 1. The van der Waals surface area contributed by atoms with Crippen molar-refractivity contribution in [3.05, 3.63) is 20.3 Å². The summed E-state index contributed by atoms with van der Waals surface area (Å²) in [6.45, 7) is 10.0. The molecule has 1 rings (SSSR count). The van der Waals surface area contributed by atoms with Crippen LogP contribution in [0.3, 0.4) is 0 Å². The van der Waals surface area contributed by atoms with Crippen molar-refractivity contribution in [3.8, 4) is 0 Å². The molecule has 1 N–H and O–H groups in total. The van der Waals surface area contributed by atoms with E-state index in [1.165, 1.54) is 27.1 Å². The normalized spacial score (nSPS) is 15.1. The lowest BCUT2D eigenvalue weighted by molar-refractivity contribution is 0.408. The largest absolute Gasteiger partial charge is 0.310 e. The van der Waals surface area contributed by atoms with Crippen LogP contribution >= 0.6 is 27.3 Å². The number of halogens is 1. The van der Waals surface area contributed by atoms with Crippen molar-refractivity contribution in [2.24, 2.45) is 5.92 Å². The van der Waals surface area contributed by atoms with Gasteiger partial charge in [0, 0.05) is 10.9 Å². The first-order valence-corrected chi connectivity index (χ1v) is 7.68. The topological polar surface area (TPSA) is 12.0 Å². The minimum Gasteiger partial charge on any atom is -0.310 e. The molecule has 1 aromatic heterocycles. The van der Waals surface area contributed by atoms with Gasteiger partial charge in [-0.05, 0) is 53.4 Å². The maximum Gasteiger partial charge on any atom is 0.0704 e. The highest BCUT2D eigenvalue weighted by Gasteiger charge is 2.17. The molecule has 0 spiro atoms. The summed E-state index contributed by atoms with van der Waals surface area (Å²) in [6, 6.07) is 2.79. The molecule has 0 amide bonds. The molecule has 16 heavy (non-hydrogen) atoms. The molecule has 0 aliphatic heterocycles. The van der Waals surface area contributed by atoms with Gasteiger partial charge in [0.05, 0.1) is 3.79 Å². The van der Waals surface area contributed by atoms with E-state index in [0.717, 1.165) is 12.5 Å². The van der Waals surface area contributed by atoms with Crippen molar-refractivity contribution in [1.29, 1.82) is 0 Å². The van der Waals surface area contributed by atoms with Gasteiger partial charge in [-0.25, -0.2) is 0 Å². The number of nitrogens with one attached hydrogen (secondary N) is 1. The lowest BCUT2D eigenvalue weighted by atomic mass is 9.94. The lowest BCUT2D eigenvalue weighted by Crippen LogP contribution is -2.23. The fourth-order valence-electron chi connectivity index (χ4n) is 1.94. The first-order valence-electron chi connectivity index (χ1n) is 6.07. The third-order valence-corrected chi connectivity index (χ3v) is 4.66. The first-order chi connectivity index (χ1) is 7.58. The van der Waals surface area contributed by atoms with Crippen LogP contribution in [0.4, 0.5) is 0 Å². The van der Waals surface area contributed by atoms with E-state index in [1.807, 2.05) is 11.3 Å². The van der Waals surface area contributed by atoms with E-state index >= 15 is 0 Å². The van der Waals surface area contributed by atoms with Gasteiger partial charge in [-0.3, -0.25) is 0 Å². The van der Waals surface area contributed by atoms with Gasteiger partial charge in [0.15, 0.2) is 0 Å². The highest BCUT2D eigenvalue weighted by molar-refractivity contribution is 9.11. The number of hydrogen-bond donors (Lipinski definition) is 1. The molecule has 1 heterocycles. The first kappa shape index (κ1) is 14.2. The average molecular weight is 304 g/mol. The van der Waals surface area contributed by atoms with Crippen molar-refractivity contribution in [2.75, 3.05) is 6.54 Å². The molecular formula is C13H22BrNS. The van der Waals surface area contributed by atoms with Gasteiger partial charge in [0.1, 0.15) is 0 Å². The molecule has 0 fully saturated rings. The fourth-order valence-corrected chi connectivity index (χ4v) is 3.71. The molecule has 3 heteroatoms. The summed E-state index contributed by atoms with van der Waals surface area (Å²) < 4.78 is 1.24. The van der Waals surface area contributed by atoms with Gasteiger partial charge < -0.3 is 5.32 Å². The van der Waals surface area contributed by atoms with E-state index in [9.17, 15) is 0 Å². The standard InChI is InChI=1S/C13H22BrNS/c1-5-9(3)7-12(15-6-2)11-8-13(14)16-10(11)4/h8-9,12,15H,5-7H2,1-4H3. The van der Waals surface area contributed by atoms with E-state index in [1.54, 1.807) is 0 Å². The van der Waals surface area contributed by atoms with Crippen LogP contribution in [0.15, 0.2) is 9.85 Å². The zero-order valence-electron chi connectivity index (χ0n) is 10.6. The summed E-state index contributed by atoms with van der Waals surface area (Å²) in [6.07, 6.45) is 2.49. The summed E-state index contributed by atoms with van der Waals surface area (Å²) in [5, 5.41) is 3.60. The molecule has 2 atom stereocenters. The van der Waals surface area contributed by atoms with Crippen LogP contribution in [0.1, 0.15) is 50.1 Å². The third-order valence-electron chi connectivity index (χ3n) is 3.09. The molecule has 1 nitrogen and oxygen atoms in total. The molecule has 0 saturated carbocycles. The summed E-state index contributed by atoms with van der Waals surface area (Å²) in [5.74, 6) is 0.780. The molecule has 92 valence electrons. The minimum atomic E-state index is 0.516. The van der Waals surface area contributed by atoms with Gasteiger partial charge in [-0.1, -0.05) is 27.2 Å². The SMILES string of the molecule is CCNC(CC(C)CC)c1cc(Br)sc1C. The molecule has 1 aromatic rings. The maximum absolute atomic E-state index is 3.60. The van der Waals surface area contributed by atoms with Crippen LogP contribution in [0.2, 0.25) is 0 Å². The highest BCUT2D eigenvalue weighted by atomic mass is 79.9. The smallest absolute Gasteiger partial charge is 0.0704 e. The zero-order valence-corrected chi connectivity index (χ0v) is 13.0. The Morgan fingerprint density at radius 3 is 2.56 bits per heavy atom. The Morgan fingerprint density at radius 1 is 1.44 bits per heavy atom. The Labute approximate surface area is 112 Å². The van der Waals surface area contributed by atoms with Gasteiger partial charge in [-0.15, -0.1) is 11.3 Å². The van der Waals surface area contributed by atoms with Crippen LogP contribution < -0.4 is 5.32 Å². The Bertz CT molecular complexity index is 322. The second-order valence-electron chi connectivity index (χ2n) is 4.42. The van der Waals surface area contributed by atoms with Gasteiger partial charge in [0.25, 0.3) is 0 Å². The van der Waals surface area contributed by atoms with Crippen LogP contribution in [0.25, 0.3) is 0 Å². The molecule has 0 bridgehead atoms. The van der Waals surface area contributed by atoms with Crippen molar-refractivity contribution in [2.45, 2.75) is 46.6 Å². The third kappa shape index (κ3) is 3.86. The molecular weight excluding hydrogens is 282 g/mol. The number of thiophene rings is 1. The van der Waals surface area contributed by atoms with Crippen LogP contribution in [0.5, 0.6) is 0 Å². The van der Waals surface area contributed by atoms with Gasteiger partial charge in [-0.2, -0.15) is 0 Å². The Kier molecular flexibility index (Phi) is 6.01. The summed E-state index contributed by atoms with van der Waals surface area (Å²) in [4.78, 5) is 1.43. The fraction of sp³-hybridized carbons (Fsp3) is 0.692. The predicted molar refractivity (Wildman–Crippen MR) is 77.2 cm³/mol. The van der Waals surface area contributed by atoms with E-state index in [4.69, 9.17) is 0 Å². The summed E-state index contributed by atoms with van der Waals surface area (Å²) in [7, 11) is 0. The second kappa shape index (κ2) is 6.77. The Hall–Kier alpha value is 0.140. The van der Waals surface area contributed by atoms with Crippen LogP contribution in [0, 0.1) is 12.8 Å². The molecule has 0 radical (unpaired) electrons. The highest BCUT2D eigenvalue weighted by Crippen LogP contribution is 2.33.